The number of nitro benzene ring substituents is 1. The van der Waals surface area contributed by atoms with Crippen molar-refractivity contribution < 1.29 is 13.3 Å². The molecule has 0 aliphatic heterocycles. The smallest absolute Gasteiger partial charge is 0.269 e. The van der Waals surface area contributed by atoms with Crippen molar-refractivity contribution in [1.82, 2.24) is 14.3 Å². The number of nitrogens with one attached hydrogen (secondary N) is 2. The van der Waals surface area contributed by atoms with Crippen molar-refractivity contribution in [2.45, 2.75) is 11.4 Å². The highest BCUT2D eigenvalue weighted by molar-refractivity contribution is 7.90. The molecule has 0 aliphatic carbocycles. The summed E-state index contributed by atoms with van der Waals surface area (Å²) in [6, 6.07) is 14.3. The van der Waals surface area contributed by atoms with Crippen LogP contribution >= 0.6 is 0 Å². The van der Waals surface area contributed by atoms with E-state index in [4.69, 9.17) is 0 Å². The summed E-state index contributed by atoms with van der Waals surface area (Å²) < 4.78 is 27.8. The number of aromatic amines is 1. The van der Waals surface area contributed by atoms with Crippen LogP contribution in [0.2, 0.25) is 0 Å². The maximum atomic E-state index is 13.3. The third-order valence-electron chi connectivity index (χ3n) is 4.68. The van der Waals surface area contributed by atoms with Gasteiger partial charge in [-0.1, -0.05) is 6.07 Å². The van der Waals surface area contributed by atoms with Gasteiger partial charge in [-0.25, -0.2) is 12.4 Å². The summed E-state index contributed by atoms with van der Waals surface area (Å²) in [6.45, 7) is 0.502. The summed E-state index contributed by atoms with van der Waals surface area (Å²) >= 11 is 0. The van der Waals surface area contributed by atoms with E-state index >= 15 is 0 Å². The monoisotopic (exact) mass is 410 g/mol. The molecule has 29 heavy (non-hydrogen) atoms. The second kappa shape index (κ2) is 7.19. The van der Waals surface area contributed by atoms with Gasteiger partial charge in [-0.2, -0.15) is 0 Å². The summed E-state index contributed by atoms with van der Waals surface area (Å²) in [5, 5.41) is 14.9. The molecule has 0 saturated carbocycles. The Morgan fingerprint density at radius 2 is 1.86 bits per heavy atom. The number of hydrogen-bond donors (Lipinski definition) is 2. The summed E-state index contributed by atoms with van der Waals surface area (Å²) in [4.78, 5) is 13.4. The topological polar surface area (TPSA) is 110 Å². The number of nitrogens with zero attached hydrogens (tertiary/aromatic N) is 2. The molecule has 0 saturated heterocycles. The molecule has 8 nitrogen and oxygen atoms in total. The standard InChI is InChI=1S/C20H18N4O4S/c1-21-12-14-10-20(16-2-7-19-15(11-16)8-9-22-19)23(13-14)29(27,28)18-5-3-17(4-6-18)24(25)26/h2-11,13,21-22H,12H2,1H3. The first kappa shape index (κ1) is 18.9. The molecule has 0 bridgehead atoms. The molecule has 0 atom stereocenters. The maximum Gasteiger partial charge on any atom is 0.269 e. The van der Waals surface area contributed by atoms with E-state index in [2.05, 4.69) is 10.3 Å². The number of nitro groups is 1. The fourth-order valence-electron chi connectivity index (χ4n) is 3.27. The van der Waals surface area contributed by atoms with Gasteiger partial charge in [0.1, 0.15) is 0 Å². The Hall–Kier alpha value is -3.43. The van der Waals surface area contributed by atoms with Crippen molar-refractivity contribution >= 4 is 26.6 Å². The van der Waals surface area contributed by atoms with Gasteiger partial charge in [-0.15, -0.1) is 0 Å². The number of rotatable bonds is 6. The van der Waals surface area contributed by atoms with Crippen molar-refractivity contribution in [3.8, 4) is 11.3 Å². The molecule has 0 fully saturated rings. The van der Waals surface area contributed by atoms with Gasteiger partial charge in [0, 0.05) is 42.0 Å². The lowest BCUT2D eigenvalue weighted by Crippen LogP contribution is -2.13. The molecule has 9 heteroatoms. The quantitative estimate of drug-likeness (QED) is 0.373. The van der Waals surface area contributed by atoms with Crippen molar-refractivity contribution in [3.63, 3.8) is 0 Å². The fraction of sp³-hybridized carbons (Fsp3) is 0.100. The predicted octanol–water partition coefficient (Wildman–Crippen LogP) is 3.50. The summed E-state index contributed by atoms with van der Waals surface area (Å²) in [5.74, 6) is 0. The molecule has 4 rings (SSSR count). The third-order valence-corrected chi connectivity index (χ3v) is 6.36. The van der Waals surface area contributed by atoms with E-state index in [1.165, 1.54) is 28.2 Å². The van der Waals surface area contributed by atoms with E-state index in [-0.39, 0.29) is 10.6 Å². The third kappa shape index (κ3) is 3.41. The van der Waals surface area contributed by atoms with E-state index in [0.29, 0.717) is 12.2 Å². The van der Waals surface area contributed by atoms with Crippen LogP contribution in [0, 0.1) is 10.1 Å². The van der Waals surface area contributed by atoms with Crippen LogP contribution in [0.5, 0.6) is 0 Å². The van der Waals surface area contributed by atoms with E-state index in [1.54, 1.807) is 13.2 Å². The largest absolute Gasteiger partial charge is 0.361 e. The molecule has 0 amide bonds. The molecule has 0 radical (unpaired) electrons. The first-order valence-corrected chi connectivity index (χ1v) is 10.3. The molecular weight excluding hydrogens is 392 g/mol. The average Bonchev–Trinajstić information content (AvgIpc) is 3.35. The van der Waals surface area contributed by atoms with Gasteiger partial charge < -0.3 is 10.3 Å². The van der Waals surface area contributed by atoms with Crippen molar-refractivity contribution in [2.75, 3.05) is 7.05 Å². The minimum absolute atomic E-state index is 0.0151. The van der Waals surface area contributed by atoms with Crippen LogP contribution in [0.15, 0.2) is 71.9 Å². The van der Waals surface area contributed by atoms with Crippen molar-refractivity contribution in [1.29, 1.82) is 0 Å². The maximum absolute atomic E-state index is 13.3. The lowest BCUT2D eigenvalue weighted by Gasteiger charge is -2.11. The Balaban J connectivity index is 1.86. The zero-order valence-electron chi connectivity index (χ0n) is 15.5. The van der Waals surface area contributed by atoms with Gasteiger partial charge in [0.15, 0.2) is 0 Å². The number of benzene rings is 2. The van der Waals surface area contributed by atoms with Gasteiger partial charge in [-0.3, -0.25) is 10.1 Å². The van der Waals surface area contributed by atoms with Crippen molar-refractivity contribution in [3.05, 3.63) is 82.7 Å². The minimum Gasteiger partial charge on any atom is -0.361 e. The van der Waals surface area contributed by atoms with Gasteiger partial charge in [-0.05, 0) is 54.6 Å². The highest BCUT2D eigenvalue weighted by atomic mass is 32.2. The van der Waals surface area contributed by atoms with Crippen molar-refractivity contribution in [2.24, 2.45) is 0 Å². The highest BCUT2D eigenvalue weighted by Crippen LogP contribution is 2.30. The van der Waals surface area contributed by atoms with Crippen LogP contribution in [0.4, 0.5) is 5.69 Å². The first-order valence-electron chi connectivity index (χ1n) is 8.83. The summed E-state index contributed by atoms with van der Waals surface area (Å²) in [6.07, 6.45) is 3.40. The molecule has 2 N–H and O–H groups in total. The predicted molar refractivity (Wildman–Crippen MR) is 110 cm³/mol. The zero-order valence-corrected chi connectivity index (χ0v) is 16.3. The lowest BCUT2D eigenvalue weighted by atomic mass is 10.1. The van der Waals surface area contributed by atoms with Gasteiger partial charge >= 0.3 is 0 Å². The Morgan fingerprint density at radius 3 is 2.55 bits per heavy atom. The number of non-ortho nitro benzene ring substituents is 1. The second-order valence-electron chi connectivity index (χ2n) is 6.60. The molecule has 2 aromatic heterocycles. The minimum atomic E-state index is -3.94. The van der Waals surface area contributed by atoms with E-state index in [1.807, 2.05) is 36.5 Å². The highest BCUT2D eigenvalue weighted by Gasteiger charge is 2.23. The Labute approximate surface area is 167 Å². The molecule has 148 valence electrons. The molecule has 0 aliphatic rings. The Kier molecular flexibility index (Phi) is 4.69. The molecule has 2 heterocycles. The Morgan fingerprint density at radius 1 is 1.10 bits per heavy atom. The van der Waals surface area contributed by atoms with E-state index in [0.717, 1.165) is 22.0 Å². The molecule has 2 aromatic carbocycles. The molecule has 0 spiro atoms. The van der Waals surface area contributed by atoms with Crippen LogP contribution in [-0.2, 0) is 16.6 Å². The number of hydrogen-bond acceptors (Lipinski definition) is 5. The van der Waals surface area contributed by atoms with Crippen LogP contribution in [0.1, 0.15) is 5.56 Å². The normalized spacial score (nSPS) is 11.8. The second-order valence-corrected chi connectivity index (χ2v) is 8.41. The fourth-order valence-corrected chi connectivity index (χ4v) is 4.67. The first-order chi connectivity index (χ1) is 13.9. The number of H-pyrrole nitrogens is 1. The van der Waals surface area contributed by atoms with Crippen LogP contribution in [0.3, 0.4) is 0 Å². The number of aromatic nitrogens is 2. The van der Waals surface area contributed by atoms with Crippen LogP contribution in [-0.4, -0.2) is 29.3 Å². The zero-order chi connectivity index (χ0) is 20.6. The van der Waals surface area contributed by atoms with Gasteiger partial charge in [0.2, 0.25) is 0 Å². The molecule has 4 aromatic rings. The summed E-state index contributed by atoms with van der Waals surface area (Å²) in [7, 11) is -2.15. The Bertz CT molecular complexity index is 1300. The van der Waals surface area contributed by atoms with Gasteiger partial charge in [0.05, 0.1) is 15.5 Å². The molecule has 0 unspecified atom stereocenters. The van der Waals surface area contributed by atoms with Crippen LogP contribution in [0.25, 0.3) is 22.2 Å². The van der Waals surface area contributed by atoms with E-state index in [9.17, 15) is 18.5 Å². The summed E-state index contributed by atoms with van der Waals surface area (Å²) in [5.41, 5.74) is 2.88. The molecular formula is C20H18N4O4S. The SMILES string of the molecule is CNCc1cc(-c2ccc3[nH]ccc3c2)n(S(=O)(=O)c2ccc([N+](=O)[O-])cc2)c1. The number of fused-ring (bicyclic) bond motifs is 1. The average molecular weight is 410 g/mol. The van der Waals surface area contributed by atoms with Gasteiger partial charge in [0.25, 0.3) is 15.7 Å². The van der Waals surface area contributed by atoms with Crippen LogP contribution < -0.4 is 5.32 Å². The lowest BCUT2D eigenvalue weighted by molar-refractivity contribution is -0.384. The van der Waals surface area contributed by atoms with E-state index < -0.39 is 14.9 Å².